The predicted octanol–water partition coefficient (Wildman–Crippen LogP) is 3.11. The Kier molecular flexibility index (Phi) is 5.51. The second-order valence-electron chi connectivity index (χ2n) is 6.58. The van der Waals surface area contributed by atoms with Gasteiger partial charge in [-0.2, -0.15) is 0 Å². The Balaban J connectivity index is 2.12. The van der Waals surface area contributed by atoms with Gasteiger partial charge in [0.25, 0.3) is 5.91 Å². The van der Waals surface area contributed by atoms with E-state index in [-0.39, 0.29) is 17.6 Å². The minimum absolute atomic E-state index is 0.0292. The summed E-state index contributed by atoms with van der Waals surface area (Å²) >= 11 is 1.50. The number of methoxy groups -OCH3 is 1. The Morgan fingerprint density at radius 2 is 1.93 bits per heavy atom. The first kappa shape index (κ1) is 19.0. The fraction of sp³-hybridized carbons (Fsp3) is 0.300. The van der Waals surface area contributed by atoms with Gasteiger partial charge in [-0.3, -0.25) is 13.9 Å². The number of thiophene rings is 1. The molecule has 0 saturated heterocycles. The Hall–Kier alpha value is -2.80. The number of benzene rings is 1. The molecule has 0 spiro atoms. The van der Waals surface area contributed by atoms with E-state index in [0.717, 1.165) is 16.2 Å². The smallest absolute Gasteiger partial charge is 0.329 e. The molecule has 2 heterocycles. The van der Waals surface area contributed by atoms with E-state index in [2.05, 4.69) is 5.32 Å². The highest BCUT2D eigenvalue weighted by Crippen LogP contribution is 2.28. The Morgan fingerprint density at radius 1 is 1.22 bits per heavy atom. The lowest BCUT2D eigenvalue weighted by molar-refractivity contribution is 0.0934. The number of carbonyl (C=O) groups is 1. The van der Waals surface area contributed by atoms with Gasteiger partial charge in [0.05, 0.1) is 24.2 Å². The molecule has 0 aliphatic rings. The van der Waals surface area contributed by atoms with Gasteiger partial charge >= 0.3 is 5.69 Å². The van der Waals surface area contributed by atoms with Crippen molar-refractivity contribution in [3.8, 4) is 16.3 Å². The van der Waals surface area contributed by atoms with Crippen molar-refractivity contribution in [1.82, 2.24) is 14.5 Å². The predicted molar refractivity (Wildman–Crippen MR) is 108 cm³/mol. The third kappa shape index (κ3) is 3.83. The van der Waals surface area contributed by atoms with Crippen LogP contribution in [0.25, 0.3) is 10.6 Å². The van der Waals surface area contributed by atoms with Crippen molar-refractivity contribution in [2.75, 3.05) is 7.11 Å². The van der Waals surface area contributed by atoms with Gasteiger partial charge in [-0.25, -0.2) is 4.79 Å². The summed E-state index contributed by atoms with van der Waals surface area (Å²) in [5, 5.41) is 4.85. The summed E-state index contributed by atoms with van der Waals surface area (Å²) in [6.45, 7) is 4.11. The van der Waals surface area contributed by atoms with Gasteiger partial charge in [0.15, 0.2) is 0 Å². The molecular formula is C20H23N3O3S. The van der Waals surface area contributed by atoms with Crippen LogP contribution in [0.2, 0.25) is 0 Å². The molecule has 6 nitrogen and oxygen atoms in total. The molecule has 0 saturated carbocycles. The van der Waals surface area contributed by atoms with Gasteiger partial charge in [-0.15, -0.1) is 11.3 Å². The molecular weight excluding hydrogens is 362 g/mol. The van der Waals surface area contributed by atoms with Crippen molar-refractivity contribution in [1.29, 1.82) is 0 Å². The van der Waals surface area contributed by atoms with E-state index in [9.17, 15) is 9.59 Å². The summed E-state index contributed by atoms with van der Waals surface area (Å²) in [6, 6.07) is 11.3. The number of carbonyl (C=O) groups excluding carboxylic acids is 1. The largest absolute Gasteiger partial charge is 0.497 e. The highest BCUT2D eigenvalue weighted by molar-refractivity contribution is 7.13. The first-order valence-corrected chi connectivity index (χ1v) is 9.57. The number of hydrogen-bond donors (Lipinski definition) is 1. The van der Waals surface area contributed by atoms with Crippen molar-refractivity contribution < 1.29 is 9.53 Å². The molecule has 1 aromatic carbocycles. The second-order valence-corrected chi connectivity index (χ2v) is 7.53. The van der Waals surface area contributed by atoms with Crippen LogP contribution < -0.4 is 15.7 Å². The zero-order valence-corrected chi connectivity index (χ0v) is 16.7. The number of nitrogens with zero attached hydrogens (tertiary/aromatic N) is 2. The van der Waals surface area contributed by atoms with E-state index >= 15 is 0 Å². The van der Waals surface area contributed by atoms with Crippen molar-refractivity contribution in [3.63, 3.8) is 0 Å². The molecule has 0 aliphatic carbocycles. The van der Waals surface area contributed by atoms with Crippen LogP contribution in [0.15, 0.2) is 46.6 Å². The second kappa shape index (κ2) is 7.84. The van der Waals surface area contributed by atoms with E-state index in [1.54, 1.807) is 18.7 Å². The molecule has 7 heteroatoms. The van der Waals surface area contributed by atoms with Gasteiger partial charge in [0, 0.05) is 13.1 Å². The maximum absolute atomic E-state index is 12.9. The molecule has 2 aromatic heterocycles. The SMILES string of the molecule is COc1ccc(Cn2c(C(=O)NC(C)C)c(-c3cccs3)n(C)c2=O)cc1. The lowest BCUT2D eigenvalue weighted by Gasteiger charge is -2.12. The van der Waals surface area contributed by atoms with Gasteiger partial charge in [-0.1, -0.05) is 18.2 Å². The summed E-state index contributed by atoms with van der Waals surface area (Å²) in [7, 11) is 3.31. The highest BCUT2D eigenvalue weighted by Gasteiger charge is 2.25. The molecule has 0 aliphatic heterocycles. The Bertz CT molecular complexity index is 983. The molecule has 3 aromatic rings. The minimum Gasteiger partial charge on any atom is -0.497 e. The number of rotatable bonds is 6. The van der Waals surface area contributed by atoms with Crippen LogP contribution >= 0.6 is 11.3 Å². The van der Waals surface area contributed by atoms with Crippen molar-refractivity contribution in [2.45, 2.75) is 26.4 Å². The summed E-state index contributed by atoms with van der Waals surface area (Å²) in [6.07, 6.45) is 0. The zero-order valence-electron chi connectivity index (χ0n) is 15.9. The van der Waals surface area contributed by atoms with Gasteiger partial charge in [-0.05, 0) is 43.0 Å². The lowest BCUT2D eigenvalue weighted by Crippen LogP contribution is -2.34. The number of amides is 1. The van der Waals surface area contributed by atoms with Gasteiger partial charge < -0.3 is 10.1 Å². The standard InChI is InChI=1S/C20H23N3O3S/c1-13(2)21-19(24)18-17(16-6-5-11-27-16)22(3)20(25)23(18)12-14-7-9-15(26-4)10-8-14/h5-11,13H,12H2,1-4H3,(H,21,24). The molecule has 1 N–H and O–H groups in total. The third-order valence-corrected chi connectivity index (χ3v) is 5.11. The van der Waals surface area contributed by atoms with Crippen LogP contribution in [-0.4, -0.2) is 28.2 Å². The summed E-state index contributed by atoms with van der Waals surface area (Å²) < 4.78 is 8.27. The molecule has 0 bridgehead atoms. The Morgan fingerprint density at radius 3 is 2.48 bits per heavy atom. The quantitative estimate of drug-likeness (QED) is 0.709. The summed E-state index contributed by atoms with van der Waals surface area (Å²) in [4.78, 5) is 26.8. The number of imidazole rings is 1. The number of hydrogen-bond acceptors (Lipinski definition) is 4. The summed E-state index contributed by atoms with van der Waals surface area (Å²) in [5.41, 5.74) is 1.72. The van der Waals surface area contributed by atoms with Crippen LogP contribution in [0, 0.1) is 0 Å². The van der Waals surface area contributed by atoms with Crippen molar-refractivity contribution >= 4 is 17.2 Å². The van der Waals surface area contributed by atoms with E-state index < -0.39 is 0 Å². The molecule has 142 valence electrons. The molecule has 0 atom stereocenters. The van der Waals surface area contributed by atoms with Crippen molar-refractivity contribution in [2.24, 2.45) is 7.05 Å². The first-order chi connectivity index (χ1) is 12.9. The molecule has 0 fully saturated rings. The van der Waals surface area contributed by atoms with E-state index in [1.165, 1.54) is 15.9 Å². The van der Waals surface area contributed by atoms with Crippen LogP contribution in [-0.2, 0) is 13.6 Å². The average Bonchev–Trinajstić information content (AvgIpc) is 3.24. The van der Waals surface area contributed by atoms with E-state index in [0.29, 0.717) is 17.9 Å². The van der Waals surface area contributed by atoms with E-state index in [1.807, 2.05) is 55.6 Å². The molecule has 0 unspecified atom stereocenters. The topological polar surface area (TPSA) is 65.3 Å². The average molecular weight is 385 g/mol. The Labute approximate surface area is 162 Å². The monoisotopic (exact) mass is 385 g/mol. The highest BCUT2D eigenvalue weighted by atomic mass is 32.1. The van der Waals surface area contributed by atoms with Crippen LogP contribution in [0.5, 0.6) is 5.75 Å². The lowest BCUT2D eigenvalue weighted by atomic mass is 10.2. The minimum atomic E-state index is -0.250. The normalized spacial score (nSPS) is 11.0. The van der Waals surface area contributed by atoms with Crippen LogP contribution in [0.4, 0.5) is 0 Å². The fourth-order valence-electron chi connectivity index (χ4n) is 2.98. The molecule has 3 rings (SSSR count). The van der Waals surface area contributed by atoms with Crippen LogP contribution in [0.1, 0.15) is 29.9 Å². The molecule has 1 amide bonds. The van der Waals surface area contributed by atoms with Gasteiger partial charge in [0.2, 0.25) is 0 Å². The number of nitrogens with one attached hydrogen (secondary N) is 1. The maximum Gasteiger partial charge on any atom is 0.329 e. The fourth-order valence-corrected chi connectivity index (χ4v) is 3.78. The van der Waals surface area contributed by atoms with Crippen molar-refractivity contribution in [3.05, 3.63) is 63.5 Å². The third-order valence-electron chi connectivity index (χ3n) is 4.24. The summed E-state index contributed by atoms with van der Waals surface area (Å²) in [5.74, 6) is 0.496. The molecule has 27 heavy (non-hydrogen) atoms. The zero-order chi connectivity index (χ0) is 19.6. The first-order valence-electron chi connectivity index (χ1n) is 8.69. The number of aromatic nitrogens is 2. The number of ether oxygens (including phenoxy) is 1. The van der Waals surface area contributed by atoms with E-state index in [4.69, 9.17) is 4.74 Å². The van der Waals surface area contributed by atoms with Crippen LogP contribution in [0.3, 0.4) is 0 Å². The van der Waals surface area contributed by atoms with Gasteiger partial charge in [0.1, 0.15) is 11.4 Å². The molecule has 0 radical (unpaired) electrons. The maximum atomic E-state index is 12.9.